The molecule has 182 valence electrons. The minimum absolute atomic E-state index is 0.0676. The number of nitrogens with two attached hydrogens (primary N) is 1. The lowest BCUT2D eigenvalue weighted by atomic mass is 10.0. The highest BCUT2D eigenvalue weighted by molar-refractivity contribution is 6.05. The highest BCUT2D eigenvalue weighted by Crippen LogP contribution is 2.25. The van der Waals surface area contributed by atoms with Gasteiger partial charge in [0.15, 0.2) is 22.9 Å². The minimum atomic E-state index is -1.56. The summed E-state index contributed by atoms with van der Waals surface area (Å²) in [5.74, 6) is 6.15. The highest BCUT2D eigenvalue weighted by atomic mass is 16.3. The van der Waals surface area contributed by atoms with Gasteiger partial charge in [-0.3, -0.25) is 4.79 Å². The van der Waals surface area contributed by atoms with Crippen LogP contribution in [0.15, 0.2) is 48.9 Å². The second-order valence-corrected chi connectivity index (χ2v) is 8.71. The molecule has 2 unspecified atom stereocenters. The van der Waals surface area contributed by atoms with E-state index >= 15 is 0 Å². The first kappa shape index (κ1) is 23.3. The number of aliphatic hydroxyl groups excluding tert-OH is 1. The number of benzene rings is 1. The van der Waals surface area contributed by atoms with Crippen LogP contribution in [0.3, 0.4) is 0 Å². The van der Waals surface area contributed by atoms with Crippen molar-refractivity contribution < 1.29 is 15.0 Å². The molecule has 11 heteroatoms. The molecule has 1 aromatic carbocycles. The second kappa shape index (κ2) is 9.33. The van der Waals surface area contributed by atoms with Crippen molar-refractivity contribution in [2.24, 2.45) is 0 Å². The van der Waals surface area contributed by atoms with Crippen molar-refractivity contribution in [3.8, 4) is 17.7 Å². The first-order chi connectivity index (χ1) is 17.3. The Balaban J connectivity index is 1.59. The first-order valence-corrected chi connectivity index (χ1v) is 11.4. The molecule has 3 aromatic heterocycles. The van der Waals surface area contributed by atoms with Crippen LogP contribution in [0.25, 0.3) is 16.7 Å². The molecule has 36 heavy (non-hydrogen) atoms. The van der Waals surface area contributed by atoms with Crippen molar-refractivity contribution in [2.75, 3.05) is 18.8 Å². The fraction of sp³-hybridized carbons (Fsp3) is 0.280. The third kappa shape index (κ3) is 4.59. The standard InChI is InChI=1S/C25H24N8O3/c1-25(36,23-27-10-3-11-28-23)9-7-16-5-6-18-19(14-16)33(20-8-12-29-24(26)30-20)31-21(18)22(35)32-13-2-4-17(34)15-32/h3,5-6,8,10-12,14,17,34,36H,2,4,13,15H2,1H3,(H2,26,29,30). The number of fused-ring (bicyclic) bond motifs is 1. The van der Waals surface area contributed by atoms with Crippen LogP contribution >= 0.6 is 0 Å². The van der Waals surface area contributed by atoms with Crippen molar-refractivity contribution in [1.29, 1.82) is 0 Å². The topological polar surface area (TPSA) is 156 Å². The predicted octanol–water partition coefficient (Wildman–Crippen LogP) is 1.04. The van der Waals surface area contributed by atoms with Crippen LogP contribution in [0.5, 0.6) is 0 Å². The second-order valence-electron chi connectivity index (χ2n) is 8.71. The molecule has 0 saturated carbocycles. The molecule has 1 aliphatic rings. The van der Waals surface area contributed by atoms with E-state index in [4.69, 9.17) is 5.73 Å². The molecule has 1 aliphatic heterocycles. The molecule has 0 aliphatic carbocycles. The molecular formula is C25H24N8O3. The number of nitrogens with zero attached hydrogens (tertiary/aromatic N) is 7. The quantitative estimate of drug-likeness (QED) is 0.362. The van der Waals surface area contributed by atoms with Crippen LogP contribution in [0.2, 0.25) is 0 Å². The summed E-state index contributed by atoms with van der Waals surface area (Å²) >= 11 is 0. The number of anilines is 1. The van der Waals surface area contributed by atoms with Gasteiger partial charge in [-0.05, 0) is 44.0 Å². The predicted molar refractivity (Wildman–Crippen MR) is 131 cm³/mol. The molecule has 1 amide bonds. The van der Waals surface area contributed by atoms with Crippen LogP contribution < -0.4 is 5.73 Å². The van der Waals surface area contributed by atoms with E-state index in [0.29, 0.717) is 35.2 Å². The Morgan fingerprint density at radius 2 is 2.00 bits per heavy atom. The van der Waals surface area contributed by atoms with E-state index in [1.165, 1.54) is 30.2 Å². The maximum atomic E-state index is 13.4. The van der Waals surface area contributed by atoms with Gasteiger partial charge in [0, 0.05) is 48.7 Å². The van der Waals surface area contributed by atoms with Gasteiger partial charge in [-0.1, -0.05) is 11.8 Å². The van der Waals surface area contributed by atoms with E-state index < -0.39 is 11.7 Å². The number of hydrogen-bond acceptors (Lipinski definition) is 9. The fourth-order valence-electron chi connectivity index (χ4n) is 4.10. The first-order valence-electron chi connectivity index (χ1n) is 11.4. The molecule has 4 aromatic rings. The lowest BCUT2D eigenvalue weighted by Gasteiger charge is -2.29. The molecule has 0 radical (unpaired) electrons. The average molecular weight is 485 g/mol. The highest BCUT2D eigenvalue weighted by Gasteiger charge is 2.28. The van der Waals surface area contributed by atoms with Gasteiger partial charge in [-0.25, -0.2) is 19.6 Å². The van der Waals surface area contributed by atoms with Crippen molar-refractivity contribution in [3.63, 3.8) is 0 Å². The van der Waals surface area contributed by atoms with Gasteiger partial charge in [0.1, 0.15) is 0 Å². The summed E-state index contributed by atoms with van der Waals surface area (Å²) in [6.45, 7) is 2.32. The summed E-state index contributed by atoms with van der Waals surface area (Å²) in [6.07, 6.45) is 5.42. The molecule has 1 saturated heterocycles. The number of carbonyl (C=O) groups is 1. The Morgan fingerprint density at radius 1 is 1.19 bits per heavy atom. The van der Waals surface area contributed by atoms with Crippen molar-refractivity contribution in [1.82, 2.24) is 34.6 Å². The Morgan fingerprint density at radius 3 is 2.75 bits per heavy atom. The minimum Gasteiger partial charge on any atom is -0.391 e. The third-order valence-corrected chi connectivity index (χ3v) is 5.90. The number of β-amino-alcohol motifs (C(OH)–C–C–N with tert-alkyl or cyclic N) is 1. The number of hydrogen-bond donors (Lipinski definition) is 3. The normalized spacial score (nSPS) is 17.3. The summed E-state index contributed by atoms with van der Waals surface area (Å²) in [5, 5.41) is 26.0. The number of piperidine rings is 1. The fourth-order valence-corrected chi connectivity index (χ4v) is 4.10. The molecule has 4 N–H and O–H groups in total. The summed E-state index contributed by atoms with van der Waals surface area (Å²) < 4.78 is 1.52. The molecule has 1 fully saturated rings. The van der Waals surface area contributed by atoms with Crippen LogP contribution in [0.1, 0.15) is 41.6 Å². The van der Waals surface area contributed by atoms with E-state index in [-0.39, 0.29) is 29.9 Å². The number of likely N-dealkylation sites (tertiary alicyclic amines) is 1. The van der Waals surface area contributed by atoms with Crippen molar-refractivity contribution >= 4 is 22.8 Å². The van der Waals surface area contributed by atoms with Gasteiger partial charge >= 0.3 is 0 Å². The van der Waals surface area contributed by atoms with Gasteiger partial charge in [0.25, 0.3) is 5.91 Å². The number of amides is 1. The Hall–Kier alpha value is -4.40. The molecule has 4 heterocycles. The number of nitrogen functional groups attached to an aromatic ring is 1. The summed E-state index contributed by atoms with van der Waals surface area (Å²) in [4.78, 5) is 31.3. The Kier molecular flexibility index (Phi) is 6.05. The van der Waals surface area contributed by atoms with E-state index in [2.05, 4.69) is 36.9 Å². The van der Waals surface area contributed by atoms with Gasteiger partial charge in [0.05, 0.1) is 11.6 Å². The Labute approximate surface area is 206 Å². The third-order valence-electron chi connectivity index (χ3n) is 5.90. The monoisotopic (exact) mass is 484 g/mol. The van der Waals surface area contributed by atoms with Gasteiger partial charge in [-0.15, -0.1) is 0 Å². The number of aliphatic hydroxyl groups is 2. The van der Waals surface area contributed by atoms with E-state index in [1.54, 1.807) is 35.2 Å². The largest absolute Gasteiger partial charge is 0.391 e. The smallest absolute Gasteiger partial charge is 0.275 e. The van der Waals surface area contributed by atoms with Crippen LogP contribution in [-0.4, -0.2) is 69.9 Å². The van der Waals surface area contributed by atoms with Gasteiger partial charge < -0.3 is 20.8 Å². The zero-order valence-electron chi connectivity index (χ0n) is 19.5. The lowest BCUT2D eigenvalue weighted by Crippen LogP contribution is -2.42. The van der Waals surface area contributed by atoms with Crippen molar-refractivity contribution in [3.05, 3.63) is 66.0 Å². The number of rotatable bonds is 3. The van der Waals surface area contributed by atoms with Crippen LogP contribution in [-0.2, 0) is 5.60 Å². The van der Waals surface area contributed by atoms with Crippen LogP contribution in [0, 0.1) is 11.8 Å². The Bertz CT molecular complexity index is 1490. The molecule has 0 spiro atoms. The van der Waals surface area contributed by atoms with E-state index in [0.717, 1.165) is 6.42 Å². The zero-order valence-corrected chi connectivity index (χ0v) is 19.5. The molecule has 11 nitrogen and oxygen atoms in total. The summed E-state index contributed by atoms with van der Waals surface area (Å²) in [7, 11) is 0. The van der Waals surface area contributed by atoms with Crippen LogP contribution in [0.4, 0.5) is 5.95 Å². The lowest BCUT2D eigenvalue weighted by molar-refractivity contribution is 0.0470. The summed E-state index contributed by atoms with van der Waals surface area (Å²) in [6, 6.07) is 8.56. The van der Waals surface area contributed by atoms with Gasteiger partial charge in [0.2, 0.25) is 5.95 Å². The molecule has 5 rings (SSSR count). The number of carbonyl (C=O) groups excluding carboxylic acids is 1. The van der Waals surface area contributed by atoms with Crippen molar-refractivity contribution in [2.45, 2.75) is 31.5 Å². The summed E-state index contributed by atoms with van der Waals surface area (Å²) in [5.41, 5.74) is 5.62. The zero-order chi connectivity index (χ0) is 25.3. The maximum Gasteiger partial charge on any atom is 0.275 e. The SMILES string of the molecule is CC(O)(C#Cc1ccc2c(C(=O)N3CCCC(O)C3)nn(-c3ccnc(N)n3)c2c1)c1ncccn1. The maximum absolute atomic E-state index is 13.4. The molecule has 2 atom stereocenters. The van der Waals surface area contributed by atoms with E-state index in [9.17, 15) is 15.0 Å². The molecule has 0 bridgehead atoms. The van der Waals surface area contributed by atoms with Gasteiger partial charge in [-0.2, -0.15) is 10.1 Å². The van der Waals surface area contributed by atoms with E-state index in [1.807, 2.05) is 0 Å². The average Bonchev–Trinajstić information content (AvgIpc) is 3.26. The molecular weight excluding hydrogens is 460 g/mol. The number of aromatic nitrogens is 6.